The molecule has 1 saturated heterocycles. The molecule has 1 aromatic rings. The van der Waals surface area contributed by atoms with Crippen LogP contribution >= 0.6 is 23.5 Å². The molecule has 1 aliphatic heterocycles. The van der Waals surface area contributed by atoms with Crippen LogP contribution < -0.4 is 5.32 Å². The van der Waals surface area contributed by atoms with Gasteiger partial charge in [-0.2, -0.15) is 28.6 Å². The van der Waals surface area contributed by atoms with Crippen molar-refractivity contribution in [1.82, 2.24) is 20.1 Å². The molecule has 4 unspecified atom stereocenters. The van der Waals surface area contributed by atoms with Gasteiger partial charge in [0, 0.05) is 40.5 Å². The maximum absolute atomic E-state index is 4.46. The van der Waals surface area contributed by atoms with E-state index in [1.807, 2.05) is 4.68 Å². The van der Waals surface area contributed by atoms with Crippen LogP contribution in [0.15, 0.2) is 6.33 Å². The van der Waals surface area contributed by atoms with Crippen molar-refractivity contribution in [2.24, 2.45) is 0 Å². The first-order chi connectivity index (χ1) is 10.2. The molecule has 0 aliphatic carbocycles. The molecule has 4 atom stereocenters. The van der Waals surface area contributed by atoms with Gasteiger partial charge in [0.1, 0.15) is 12.2 Å². The number of thioether (sulfide) groups is 2. The Balaban J connectivity index is 2.03. The van der Waals surface area contributed by atoms with Crippen molar-refractivity contribution in [3.8, 4) is 0 Å². The molecule has 1 fully saturated rings. The van der Waals surface area contributed by atoms with E-state index in [2.05, 4.69) is 66.6 Å². The van der Waals surface area contributed by atoms with Crippen LogP contribution in [-0.2, 0) is 13.0 Å². The van der Waals surface area contributed by atoms with Crippen LogP contribution in [0.25, 0.3) is 0 Å². The van der Waals surface area contributed by atoms with Crippen LogP contribution in [0.5, 0.6) is 0 Å². The SMILES string of the molecule is CCCNC(Cc1ncnn1CC)C1CSC(C)C(C)S1. The molecule has 21 heavy (non-hydrogen) atoms. The van der Waals surface area contributed by atoms with Crippen LogP contribution in [-0.4, -0.2) is 48.9 Å². The summed E-state index contributed by atoms with van der Waals surface area (Å²) in [7, 11) is 0. The fourth-order valence-corrected chi connectivity index (χ4v) is 5.72. The highest BCUT2D eigenvalue weighted by Gasteiger charge is 2.31. The zero-order valence-corrected chi connectivity index (χ0v) is 15.2. The molecule has 120 valence electrons. The summed E-state index contributed by atoms with van der Waals surface area (Å²) in [5.41, 5.74) is 0. The Bertz CT molecular complexity index is 424. The quantitative estimate of drug-likeness (QED) is 0.834. The van der Waals surface area contributed by atoms with E-state index in [1.54, 1.807) is 6.33 Å². The average molecular weight is 329 g/mol. The smallest absolute Gasteiger partial charge is 0.138 e. The standard InChI is InChI=1S/C15H28N4S2/c1-5-7-16-13(8-15-17-10-18-19(15)6-2)14-9-20-11(3)12(4)21-14/h10-14,16H,5-9H2,1-4H3. The van der Waals surface area contributed by atoms with Crippen LogP contribution in [0, 0.1) is 0 Å². The second kappa shape index (κ2) is 8.44. The Morgan fingerprint density at radius 2 is 2.19 bits per heavy atom. The van der Waals surface area contributed by atoms with E-state index in [1.165, 1.54) is 12.2 Å². The summed E-state index contributed by atoms with van der Waals surface area (Å²) in [5.74, 6) is 2.35. The van der Waals surface area contributed by atoms with Crippen molar-refractivity contribution < 1.29 is 0 Å². The molecule has 0 amide bonds. The third-order valence-corrected chi connectivity index (χ3v) is 7.63. The Morgan fingerprint density at radius 3 is 2.86 bits per heavy atom. The summed E-state index contributed by atoms with van der Waals surface area (Å²) < 4.78 is 2.02. The van der Waals surface area contributed by atoms with Gasteiger partial charge in [0.05, 0.1) is 0 Å². The monoisotopic (exact) mass is 328 g/mol. The minimum Gasteiger partial charge on any atom is -0.312 e. The molecule has 6 heteroatoms. The molecule has 0 saturated carbocycles. The highest BCUT2D eigenvalue weighted by molar-refractivity contribution is 8.07. The van der Waals surface area contributed by atoms with Crippen molar-refractivity contribution in [2.45, 2.75) is 68.9 Å². The van der Waals surface area contributed by atoms with Crippen LogP contribution in [0.2, 0.25) is 0 Å². The van der Waals surface area contributed by atoms with Gasteiger partial charge in [0.15, 0.2) is 0 Å². The number of nitrogens with one attached hydrogen (secondary N) is 1. The fourth-order valence-electron chi connectivity index (χ4n) is 2.59. The van der Waals surface area contributed by atoms with E-state index in [9.17, 15) is 0 Å². The van der Waals surface area contributed by atoms with Gasteiger partial charge < -0.3 is 5.32 Å². The molecule has 1 aliphatic rings. The van der Waals surface area contributed by atoms with Gasteiger partial charge >= 0.3 is 0 Å². The number of nitrogens with zero attached hydrogens (tertiary/aromatic N) is 3. The van der Waals surface area contributed by atoms with Crippen molar-refractivity contribution in [3.05, 3.63) is 12.2 Å². The zero-order valence-electron chi connectivity index (χ0n) is 13.6. The number of aryl methyl sites for hydroxylation is 1. The molecule has 0 radical (unpaired) electrons. The number of hydrogen-bond donors (Lipinski definition) is 1. The van der Waals surface area contributed by atoms with E-state index >= 15 is 0 Å². The Kier molecular flexibility index (Phi) is 6.89. The Labute approximate surface area is 137 Å². The normalized spacial score (nSPS) is 27.7. The second-order valence-electron chi connectivity index (χ2n) is 5.67. The van der Waals surface area contributed by atoms with Crippen LogP contribution in [0.1, 0.15) is 39.9 Å². The number of hydrogen-bond acceptors (Lipinski definition) is 5. The molecule has 1 N–H and O–H groups in total. The first kappa shape index (κ1) is 17.2. The highest BCUT2D eigenvalue weighted by Crippen LogP contribution is 2.37. The van der Waals surface area contributed by atoms with Crippen LogP contribution in [0.4, 0.5) is 0 Å². The lowest BCUT2D eigenvalue weighted by Crippen LogP contribution is -2.45. The summed E-state index contributed by atoms with van der Waals surface area (Å²) >= 11 is 4.26. The van der Waals surface area contributed by atoms with Crippen molar-refractivity contribution in [2.75, 3.05) is 12.3 Å². The predicted molar refractivity (Wildman–Crippen MR) is 94.2 cm³/mol. The third kappa shape index (κ3) is 4.63. The largest absolute Gasteiger partial charge is 0.312 e. The van der Waals surface area contributed by atoms with Crippen LogP contribution in [0.3, 0.4) is 0 Å². The van der Waals surface area contributed by atoms with Crippen molar-refractivity contribution >= 4 is 23.5 Å². The average Bonchev–Trinajstić information content (AvgIpc) is 2.93. The van der Waals surface area contributed by atoms with E-state index in [-0.39, 0.29) is 0 Å². The highest BCUT2D eigenvalue weighted by atomic mass is 32.2. The van der Waals surface area contributed by atoms with Gasteiger partial charge in [-0.3, -0.25) is 4.68 Å². The van der Waals surface area contributed by atoms with Gasteiger partial charge in [-0.25, -0.2) is 4.98 Å². The Hall–Kier alpha value is -0.200. The third-order valence-electron chi connectivity index (χ3n) is 4.08. The maximum atomic E-state index is 4.46. The predicted octanol–water partition coefficient (Wildman–Crippen LogP) is 2.83. The first-order valence-corrected chi connectivity index (χ1v) is 10.0. The summed E-state index contributed by atoms with van der Waals surface area (Å²) in [6.07, 6.45) is 3.84. The first-order valence-electron chi connectivity index (χ1n) is 8.02. The molecule has 0 bridgehead atoms. The molecule has 0 aromatic carbocycles. The Morgan fingerprint density at radius 1 is 1.38 bits per heavy atom. The summed E-state index contributed by atoms with van der Waals surface area (Å²) in [6, 6.07) is 0.493. The lowest BCUT2D eigenvalue weighted by Gasteiger charge is -2.36. The van der Waals surface area contributed by atoms with Gasteiger partial charge in [0.2, 0.25) is 0 Å². The second-order valence-corrected chi connectivity index (χ2v) is 8.71. The molecular formula is C15H28N4S2. The molecule has 1 aromatic heterocycles. The van der Waals surface area contributed by atoms with Gasteiger partial charge in [0.25, 0.3) is 0 Å². The molecule has 4 nitrogen and oxygen atoms in total. The summed E-state index contributed by atoms with van der Waals surface area (Å²) in [6.45, 7) is 11.0. The zero-order chi connectivity index (χ0) is 15.2. The minimum absolute atomic E-state index is 0.493. The molecule has 2 rings (SSSR count). The van der Waals surface area contributed by atoms with Gasteiger partial charge in [-0.05, 0) is 19.9 Å². The van der Waals surface area contributed by atoms with E-state index in [0.29, 0.717) is 11.3 Å². The number of rotatable bonds is 7. The lowest BCUT2D eigenvalue weighted by atomic mass is 10.1. The van der Waals surface area contributed by atoms with Crippen molar-refractivity contribution in [1.29, 1.82) is 0 Å². The topological polar surface area (TPSA) is 42.7 Å². The fraction of sp³-hybridized carbons (Fsp3) is 0.867. The molecular weight excluding hydrogens is 300 g/mol. The van der Waals surface area contributed by atoms with E-state index < -0.39 is 0 Å². The van der Waals surface area contributed by atoms with Gasteiger partial charge in [-0.1, -0.05) is 20.8 Å². The minimum atomic E-state index is 0.493. The molecule has 2 heterocycles. The van der Waals surface area contributed by atoms with Crippen molar-refractivity contribution in [3.63, 3.8) is 0 Å². The maximum Gasteiger partial charge on any atom is 0.138 e. The lowest BCUT2D eigenvalue weighted by molar-refractivity contribution is 0.477. The number of aromatic nitrogens is 3. The summed E-state index contributed by atoms with van der Waals surface area (Å²) in [4.78, 5) is 4.46. The van der Waals surface area contributed by atoms with E-state index in [4.69, 9.17) is 0 Å². The molecule has 0 spiro atoms. The van der Waals surface area contributed by atoms with Gasteiger partial charge in [-0.15, -0.1) is 0 Å². The van der Waals surface area contributed by atoms with E-state index in [0.717, 1.165) is 35.8 Å². The summed E-state index contributed by atoms with van der Waals surface area (Å²) in [5, 5.41) is 10.2.